The molecule has 12 nitrogen and oxygen atoms in total. The van der Waals surface area contributed by atoms with E-state index >= 15 is 0 Å². The zero-order valence-electron chi connectivity index (χ0n) is 20.8. The first-order valence-corrected chi connectivity index (χ1v) is 12.0. The van der Waals surface area contributed by atoms with E-state index in [-0.39, 0.29) is 41.5 Å². The van der Waals surface area contributed by atoms with Gasteiger partial charge in [-0.1, -0.05) is 0 Å². The molecule has 0 unspecified atom stereocenters. The van der Waals surface area contributed by atoms with E-state index in [1.165, 1.54) is 6.07 Å². The molecule has 4 rings (SSSR count). The van der Waals surface area contributed by atoms with Crippen LogP contribution < -0.4 is 21.1 Å². The lowest BCUT2D eigenvalue weighted by Gasteiger charge is -2.38. The number of nitro groups is 1. The molecule has 2 aliphatic heterocycles. The number of methoxy groups -OCH3 is 1. The second-order valence-electron chi connectivity index (χ2n) is 9.17. The smallest absolute Gasteiger partial charge is 0.322 e. The standard InChI is InChI=1S/C25H30N6O6/c1-15-11-17(13-21(23(15)26)31(35)36)24(33)27-14-22(32)29-8-6-18(7-9-29)30-10-5-16-12-19(37-2)3-4-20(16)28-25(30)34/h3-4,11-13,18H,5-10,14,26H2,1-2H3,(H,27,33)(H,28,34). The first-order valence-electron chi connectivity index (χ1n) is 12.0. The summed E-state index contributed by atoms with van der Waals surface area (Å²) in [5.41, 5.74) is 7.64. The summed E-state index contributed by atoms with van der Waals surface area (Å²) in [6.07, 6.45) is 1.94. The van der Waals surface area contributed by atoms with Crippen LogP contribution in [0.15, 0.2) is 30.3 Å². The number of nitro benzene ring substituents is 1. The minimum Gasteiger partial charge on any atom is -0.497 e. The first kappa shape index (κ1) is 25.7. The third kappa shape index (κ3) is 5.57. The molecule has 0 saturated carbocycles. The number of aryl methyl sites for hydroxylation is 1. The van der Waals surface area contributed by atoms with Gasteiger partial charge in [0.25, 0.3) is 11.6 Å². The van der Waals surface area contributed by atoms with Gasteiger partial charge in [0.05, 0.1) is 18.6 Å². The lowest BCUT2D eigenvalue weighted by molar-refractivity contribution is -0.384. The number of urea groups is 1. The Kier molecular flexibility index (Phi) is 7.46. The molecule has 0 bridgehead atoms. The molecule has 2 aliphatic rings. The van der Waals surface area contributed by atoms with Crippen LogP contribution in [0.2, 0.25) is 0 Å². The van der Waals surface area contributed by atoms with Gasteiger partial charge < -0.3 is 30.9 Å². The molecule has 12 heteroatoms. The quantitative estimate of drug-likeness (QED) is 0.305. The summed E-state index contributed by atoms with van der Waals surface area (Å²) in [5, 5.41) is 16.7. The van der Waals surface area contributed by atoms with E-state index in [0.717, 1.165) is 23.1 Å². The summed E-state index contributed by atoms with van der Waals surface area (Å²) in [5.74, 6) is -0.106. The van der Waals surface area contributed by atoms with Gasteiger partial charge in [-0.15, -0.1) is 0 Å². The van der Waals surface area contributed by atoms with Gasteiger partial charge in [-0.25, -0.2) is 4.79 Å². The normalized spacial score (nSPS) is 15.9. The topological polar surface area (TPSA) is 160 Å². The summed E-state index contributed by atoms with van der Waals surface area (Å²) in [6.45, 7) is 2.82. The Morgan fingerprint density at radius 3 is 2.62 bits per heavy atom. The van der Waals surface area contributed by atoms with E-state index in [4.69, 9.17) is 10.5 Å². The second kappa shape index (κ2) is 10.7. The highest BCUT2D eigenvalue weighted by Gasteiger charge is 2.31. The number of hydrogen-bond acceptors (Lipinski definition) is 7. The van der Waals surface area contributed by atoms with Crippen LogP contribution in [0.4, 0.5) is 21.9 Å². The molecule has 4 N–H and O–H groups in total. The number of nitrogens with zero attached hydrogens (tertiary/aromatic N) is 3. The van der Waals surface area contributed by atoms with E-state index in [2.05, 4.69) is 10.6 Å². The number of carbonyl (C=O) groups excluding carboxylic acids is 3. The predicted molar refractivity (Wildman–Crippen MR) is 137 cm³/mol. The van der Waals surface area contributed by atoms with Crippen LogP contribution in [0.1, 0.15) is 34.3 Å². The molecule has 2 aromatic rings. The lowest BCUT2D eigenvalue weighted by Crippen LogP contribution is -2.51. The van der Waals surface area contributed by atoms with Crippen LogP contribution >= 0.6 is 0 Å². The van der Waals surface area contributed by atoms with Crippen molar-refractivity contribution in [1.29, 1.82) is 0 Å². The Bertz CT molecular complexity index is 1240. The molecule has 0 radical (unpaired) electrons. The van der Waals surface area contributed by atoms with Crippen LogP contribution in [0.5, 0.6) is 5.75 Å². The average Bonchev–Trinajstić information content (AvgIpc) is 3.05. The number of anilines is 2. The van der Waals surface area contributed by atoms with Crippen LogP contribution in [-0.2, 0) is 11.2 Å². The van der Waals surface area contributed by atoms with Crippen molar-refractivity contribution in [2.45, 2.75) is 32.2 Å². The number of nitrogen functional groups attached to an aromatic ring is 1. The fraction of sp³-hybridized carbons (Fsp3) is 0.400. The highest BCUT2D eigenvalue weighted by atomic mass is 16.6. The van der Waals surface area contributed by atoms with E-state index in [0.29, 0.717) is 44.5 Å². The number of ether oxygens (including phenoxy) is 1. The number of piperidine rings is 1. The molecular formula is C25H30N6O6. The fourth-order valence-electron chi connectivity index (χ4n) is 4.76. The third-order valence-corrected chi connectivity index (χ3v) is 6.92. The van der Waals surface area contributed by atoms with Gasteiger partial charge in [0.15, 0.2) is 0 Å². The maximum Gasteiger partial charge on any atom is 0.322 e. The van der Waals surface area contributed by atoms with Crippen LogP contribution in [0, 0.1) is 17.0 Å². The van der Waals surface area contributed by atoms with E-state index in [1.807, 2.05) is 23.1 Å². The molecule has 4 amide bonds. The third-order valence-electron chi connectivity index (χ3n) is 6.92. The van der Waals surface area contributed by atoms with Crippen molar-refractivity contribution >= 4 is 34.9 Å². The SMILES string of the molecule is COc1ccc2c(c1)CCN(C1CCN(C(=O)CNC(=O)c3cc(C)c(N)c([N+](=O)[O-])c3)CC1)C(=O)N2. The van der Waals surface area contributed by atoms with E-state index in [9.17, 15) is 24.5 Å². The average molecular weight is 511 g/mol. The number of fused-ring (bicyclic) bond motifs is 1. The summed E-state index contributed by atoms with van der Waals surface area (Å²) in [7, 11) is 1.61. The second-order valence-corrected chi connectivity index (χ2v) is 9.17. The molecule has 196 valence electrons. The lowest BCUT2D eigenvalue weighted by atomic mass is 10.0. The number of benzene rings is 2. The molecule has 2 aromatic carbocycles. The minimum absolute atomic E-state index is 0.00203. The highest BCUT2D eigenvalue weighted by Crippen LogP contribution is 2.28. The number of amides is 4. The predicted octanol–water partition coefficient (Wildman–Crippen LogP) is 2.31. The Morgan fingerprint density at radius 2 is 1.95 bits per heavy atom. The maximum atomic E-state index is 12.9. The summed E-state index contributed by atoms with van der Waals surface area (Å²) in [4.78, 5) is 52.1. The molecule has 0 spiro atoms. The van der Waals surface area contributed by atoms with E-state index in [1.54, 1.807) is 18.9 Å². The summed E-state index contributed by atoms with van der Waals surface area (Å²) >= 11 is 0. The molecule has 0 aromatic heterocycles. The van der Waals surface area contributed by atoms with Crippen molar-refractivity contribution < 1.29 is 24.0 Å². The Labute approximate surface area is 213 Å². The van der Waals surface area contributed by atoms with Crippen LogP contribution in [0.3, 0.4) is 0 Å². The number of hydrogen-bond donors (Lipinski definition) is 3. The Morgan fingerprint density at radius 1 is 1.22 bits per heavy atom. The maximum absolute atomic E-state index is 12.9. The molecule has 2 heterocycles. The zero-order chi connectivity index (χ0) is 26.7. The number of likely N-dealkylation sites (tertiary alicyclic amines) is 1. The monoisotopic (exact) mass is 510 g/mol. The van der Waals surface area contributed by atoms with Gasteiger partial charge in [-0.3, -0.25) is 19.7 Å². The first-order chi connectivity index (χ1) is 17.7. The summed E-state index contributed by atoms with van der Waals surface area (Å²) < 4.78 is 5.29. The largest absolute Gasteiger partial charge is 0.497 e. The number of carbonyl (C=O) groups is 3. The van der Waals surface area contributed by atoms with Gasteiger partial charge in [-0.05, 0) is 61.6 Å². The molecule has 37 heavy (non-hydrogen) atoms. The fourth-order valence-corrected chi connectivity index (χ4v) is 4.76. The Hall–Kier alpha value is -4.35. The molecule has 1 fully saturated rings. The van der Waals surface area contributed by atoms with Gasteiger partial charge in [0.2, 0.25) is 5.91 Å². The van der Waals surface area contributed by atoms with Crippen molar-refractivity contribution in [1.82, 2.24) is 15.1 Å². The molecular weight excluding hydrogens is 480 g/mol. The summed E-state index contributed by atoms with van der Waals surface area (Å²) in [6, 6.07) is 7.98. The van der Waals surface area contributed by atoms with Gasteiger partial charge in [-0.2, -0.15) is 0 Å². The van der Waals surface area contributed by atoms with Gasteiger partial charge in [0, 0.05) is 43.0 Å². The van der Waals surface area contributed by atoms with E-state index < -0.39 is 10.8 Å². The number of rotatable bonds is 6. The highest BCUT2D eigenvalue weighted by molar-refractivity contribution is 5.98. The van der Waals surface area contributed by atoms with Crippen LogP contribution in [-0.4, -0.2) is 71.9 Å². The zero-order valence-corrected chi connectivity index (χ0v) is 20.8. The van der Waals surface area contributed by atoms with Crippen molar-refractivity contribution in [2.75, 3.05) is 44.3 Å². The van der Waals surface area contributed by atoms with Crippen molar-refractivity contribution in [3.05, 3.63) is 57.1 Å². The Balaban J connectivity index is 1.30. The minimum atomic E-state index is -0.644. The molecule has 1 saturated heterocycles. The van der Waals surface area contributed by atoms with Crippen molar-refractivity contribution in [3.8, 4) is 5.75 Å². The number of nitrogens with two attached hydrogens (primary N) is 1. The molecule has 0 atom stereocenters. The molecule has 0 aliphatic carbocycles. The number of nitrogens with one attached hydrogen (secondary N) is 2. The van der Waals surface area contributed by atoms with Gasteiger partial charge in [0.1, 0.15) is 11.4 Å². The van der Waals surface area contributed by atoms with Crippen LogP contribution in [0.25, 0.3) is 0 Å². The van der Waals surface area contributed by atoms with Gasteiger partial charge >= 0.3 is 6.03 Å². The van der Waals surface area contributed by atoms with Crippen molar-refractivity contribution in [2.24, 2.45) is 0 Å². The van der Waals surface area contributed by atoms with Crippen molar-refractivity contribution in [3.63, 3.8) is 0 Å².